The Morgan fingerprint density at radius 2 is 2.19 bits per heavy atom. The molecule has 0 bridgehead atoms. The van der Waals surface area contributed by atoms with Crippen molar-refractivity contribution < 1.29 is 24.0 Å². The SMILES string of the molecule is COCc1cc(C(=O)Nc2cccc(C)c2C(=O)O)no1. The molecular formula is C14H14N2O5. The predicted octanol–water partition coefficient (Wildman–Crippen LogP) is 2.08. The normalized spacial score (nSPS) is 10.4. The van der Waals surface area contributed by atoms with Gasteiger partial charge < -0.3 is 19.7 Å². The number of carboxylic acid groups (broad SMARTS) is 1. The first-order valence-corrected chi connectivity index (χ1v) is 6.11. The van der Waals surface area contributed by atoms with Gasteiger partial charge in [-0.3, -0.25) is 4.79 Å². The average molecular weight is 290 g/mol. The number of ether oxygens (including phenoxy) is 1. The average Bonchev–Trinajstić information content (AvgIpc) is 2.87. The Morgan fingerprint density at radius 3 is 2.86 bits per heavy atom. The second-order valence-electron chi connectivity index (χ2n) is 4.37. The first-order valence-electron chi connectivity index (χ1n) is 6.11. The quantitative estimate of drug-likeness (QED) is 0.874. The van der Waals surface area contributed by atoms with Crippen molar-refractivity contribution in [3.8, 4) is 0 Å². The van der Waals surface area contributed by atoms with E-state index in [2.05, 4.69) is 10.5 Å². The summed E-state index contributed by atoms with van der Waals surface area (Å²) in [4.78, 5) is 23.3. The molecule has 0 spiro atoms. The number of aryl methyl sites for hydroxylation is 1. The summed E-state index contributed by atoms with van der Waals surface area (Å²) in [5.41, 5.74) is 0.871. The number of anilines is 1. The van der Waals surface area contributed by atoms with E-state index in [1.807, 2.05) is 0 Å². The summed E-state index contributed by atoms with van der Waals surface area (Å²) in [6, 6.07) is 6.28. The lowest BCUT2D eigenvalue weighted by Crippen LogP contribution is -2.15. The molecule has 0 radical (unpaired) electrons. The fourth-order valence-corrected chi connectivity index (χ4v) is 1.87. The van der Waals surface area contributed by atoms with Gasteiger partial charge in [-0.05, 0) is 18.6 Å². The fourth-order valence-electron chi connectivity index (χ4n) is 1.87. The van der Waals surface area contributed by atoms with Crippen molar-refractivity contribution in [2.24, 2.45) is 0 Å². The van der Waals surface area contributed by atoms with Crippen LogP contribution in [0, 0.1) is 6.92 Å². The lowest BCUT2D eigenvalue weighted by atomic mass is 10.1. The highest BCUT2D eigenvalue weighted by molar-refractivity contribution is 6.07. The van der Waals surface area contributed by atoms with Crippen LogP contribution in [0.5, 0.6) is 0 Å². The third-order valence-electron chi connectivity index (χ3n) is 2.81. The van der Waals surface area contributed by atoms with E-state index in [1.54, 1.807) is 19.1 Å². The van der Waals surface area contributed by atoms with Crippen molar-refractivity contribution in [1.29, 1.82) is 0 Å². The standard InChI is InChI=1S/C14H14N2O5/c1-8-4-3-5-10(12(8)14(18)19)15-13(17)11-6-9(7-20-2)21-16-11/h3-6H,7H2,1-2H3,(H,15,17)(H,18,19). The van der Waals surface area contributed by atoms with Gasteiger partial charge in [0.25, 0.3) is 5.91 Å². The molecule has 0 aliphatic carbocycles. The number of aromatic carboxylic acids is 1. The van der Waals surface area contributed by atoms with Crippen LogP contribution in [0.2, 0.25) is 0 Å². The van der Waals surface area contributed by atoms with E-state index < -0.39 is 11.9 Å². The number of hydrogen-bond acceptors (Lipinski definition) is 5. The molecule has 1 heterocycles. The number of benzene rings is 1. The molecule has 2 N–H and O–H groups in total. The van der Waals surface area contributed by atoms with Crippen LogP contribution in [0.4, 0.5) is 5.69 Å². The Morgan fingerprint density at radius 1 is 1.43 bits per heavy atom. The minimum absolute atomic E-state index is 0.0476. The highest BCUT2D eigenvalue weighted by atomic mass is 16.5. The summed E-state index contributed by atoms with van der Waals surface area (Å²) in [6.45, 7) is 1.86. The summed E-state index contributed by atoms with van der Waals surface area (Å²) in [5.74, 6) is -1.25. The maximum atomic E-state index is 12.1. The summed E-state index contributed by atoms with van der Waals surface area (Å²) >= 11 is 0. The number of carboxylic acids is 1. The molecule has 0 atom stereocenters. The Balaban J connectivity index is 2.23. The Kier molecular flexibility index (Phi) is 4.34. The van der Waals surface area contributed by atoms with Crippen molar-refractivity contribution in [2.75, 3.05) is 12.4 Å². The Labute approximate surface area is 120 Å². The minimum atomic E-state index is -1.11. The topological polar surface area (TPSA) is 102 Å². The first kappa shape index (κ1) is 14.7. The van der Waals surface area contributed by atoms with E-state index >= 15 is 0 Å². The smallest absolute Gasteiger partial charge is 0.338 e. The molecule has 1 aromatic heterocycles. The third-order valence-corrected chi connectivity index (χ3v) is 2.81. The summed E-state index contributed by atoms with van der Waals surface area (Å²) < 4.78 is 9.78. The molecule has 0 fully saturated rings. The zero-order valence-corrected chi connectivity index (χ0v) is 11.5. The number of nitrogens with zero attached hydrogens (tertiary/aromatic N) is 1. The second kappa shape index (κ2) is 6.19. The van der Waals surface area contributed by atoms with Crippen LogP contribution >= 0.6 is 0 Å². The van der Waals surface area contributed by atoms with Gasteiger partial charge in [0.15, 0.2) is 11.5 Å². The maximum Gasteiger partial charge on any atom is 0.338 e. The van der Waals surface area contributed by atoms with Crippen LogP contribution in [0.25, 0.3) is 0 Å². The van der Waals surface area contributed by atoms with Gasteiger partial charge in [-0.1, -0.05) is 17.3 Å². The lowest BCUT2D eigenvalue weighted by Gasteiger charge is -2.09. The summed E-state index contributed by atoms with van der Waals surface area (Å²) in [6.07, 6.45) is 0. The number of nitrogens with one attached hydrogen (secondary N) is 1. The van der Waals surface area contributed by atoms with E-state index in [0.29, 0.717) is 11.3 Å². The van der Waals surface area contributed by atoms with E-state index in [-0.39, 0.29) is 23.6 Å². The Hall–Kier alpha value is -2.67. The van der Waals surface area contributed by atoms with Crippen LogP contribution in [-0.4, -0.2) is 29.2 Å². The predicted molar refractivity (Wildman–Crippen MR) is 73.3 cm³/mol. The van der Waals surface area contributed by atoms with Crippen molar-refractivity contribution in [2.45, 2.75) is 13.5 Å². The van der Waals surface area contributed by atoms with Gasteiger partial charge in [-0.2, -0.15) is 0 Å². The Bertz CT molecular complexity index is 678. The first-order chi connectivity index (χ1) is 10.0. The molecule has 7 nitrogen and oxygen atoms in total. The second-order valence-corrected chi connectivity index (χ2v) is 4.37. The number of methoxy groups -OCH3 is 1. The van der Waals surface area contributed by atoms with Gasteiger partial charge in [0.05, 0.1) is 11.3 Å². The van der Waals surface area contributed by atoms with E-state index in [4.69, 9.17) is 9.26 Å². The molecule has 0 aliphatic rings. The highest BCUT2D eigenvalue weighted by Crippen LogP contribution is 2.20. The molecule has 2 rings (SSSR count). The van der Waals surface area contributed by atoms with E-state index in [1.165, 1.54) is 19.2 Å². The lowest BCUT2D eigenvalue weighted by molar-refractivity contribution is 0.0697. The maximum absolute atomic E-state index is 12.1. The molecule has 1 amide bonds. The minimum Gasteiger partial charge on any atom is -0.478 e. The molecule has 1 aromatic carbocycles. The summed E-state index contributed by atoms with van der Waals surface area (Å²) in [7, 11) is 1.49. The van der Waals surface area contributed by atoms with Gasteiger partial charge in [0, 0.05) is 13.2 Å². The van der Waals surface area contributed by atoms with Gasteiger partial charge in [-0.15, -0.1) is 0 Å². The van der Waals surface area contributed by atoms with Crippen molar-refractivity contribution in [3.63, 3.8) is 0 Å². The molecule has 2 aromatic rings. The number of aromatic nitrogens is 1. The van der Waals surface area contributed by atoms with E-state index in [9.17, 15) is 14.7 Å². The van der Waals surface area contributed by atoms with Crippen LogP contribution < -0.4 is 5.32 Å². The van der Waals surface area contributed by atoms with Gasteiger partial charge in [0.1, 0.15) is 6.61 Å². The number of amides is 1. The molecule has 0 saturated carbocycles. The molecule has 7 heteroatoms. The van der Waals surface area contributed by atoms with Gasteiger partial charge in [-0.25, -0.2) is 4.79 Å². The third kappa shape index (κ3) is 3.26. The van der Waals surface area contributed by atoms with Crippen LogP contribution in [0.1, 0.15) is 32.2 Å². The molecule has 0 unspecified atom stereocenters. The molecular weight excluding hydrogens is 276 g/mol. The fraction of sp³-hybridized carbons (Fsp3) is 0.214. The zero-order chi connectivity index (χ0) is 15.4. The molecule has 21 heavy (non-hydrogen) atoms. The largest absolute Gasteiger partial charge is 0.478 e. The van der Waals surface area contributed by atoms with Gasteiger partial charge in [0.2, 0.25) is 0 Å². The monoisotopic (exact) mass is 290 g/mol. The molecule has 0 saturated heterocycles. The van der Waals surface area contributed by atoms with Crippen molar-refractivity contribution in [3.05, 3.63) is 46.8 Å². The van der Waals surface area contributed by atoms with Crippen LogP contribution in [0.3, 0.4) is 0 Å². The highest BCUT2D eigenvalue weighted by Gasteiger charge is 2.18. The van der Waals surface area contributed by atoms with E-state index in [0.717, 1.165) is 0 Å². The van der Waals surface area contributed by atoms with Crippen molar-refractivity contribution in [1.82, 2.24) is 5.16 Å². The molecule has 110 valence electrons. The number of rotatable bonds is 5. The number of hydrogen-bond donors (Lipinski definition) is 2. The zero-order valence-electron chi connectivity index (χ0n) is 11.5. The van der Waals surface area contributed by atoms with Crippen molar-refractivity contribution >= 4 is 17.6 Å². The molecule has 0 aliphatic heterocycles. The summed E-state index contributed by atoms with van der Waals surface area (Å²) in [5, 5.41) is 15.3. The van der Waals surface area contributed by atoms with Gasteiger partial charge >= 0.3 is 5.97 Å². The van der Waals surface area contributed by atoms with Crippen LogP contribution in [0.15, 0.2) is 28.8 Å². The number of carbonyl (C=O) groups is 2. The van der Waals surface area contributed by atoms with Crippen LogP contribution in [-0.2, 0) is 11.3 Å². The number of carbonyl (C=O) groups excluding carboxylic acids is 1.